The van der Waals surface area contributed by atoms with Gasteiger partial charge >= 0.3 is 0 Å². The summed E-state index contributed by atoms with van der Waals surface area (Å²) in [6.07, 6.45) is 13.1. The number of hydrogen-bond donors (Lipinski definition) is 0. The molecule has 0 aliphatic heterocycles. The van der Waals surface area contributed by atoms with Crippen molar-refractivity contribution in [1.82, 2.24) is 4.90 Å². The lowest BCUT2D eigenvalue weighted by molar-refractivity contribution is 0.302. The molecule has 0 amide bonds. The number of benzene rings is 3. The van der Waals surface area contributed by atoms with Gasteiger partial charge in [-0.3, -0.25) is 0 Å². The predicted molar refractivity (Wildman–Crippen MR) is 151 cm³/mol. The highest BCUT2D eigenvalue weighted by Gasteiger charge is 2.22. The molecular formula is C34H43NO. The molecule has 0 heterocycles. The fraction of sp³-hybridized carbons (Fsp3) is 0.471. The van der Waals surface area contributed by atoms with Gasteiger partial charge in [0.25, 0.3) is 0 Å². The van der Waals surface area contributed by atoms with Gasteiger partial charge in [0.1, 0.15) is 11.5 Å². The minimum Gasteiger partial charge on any atom is -0.457 e. The van der Waals surface area contributed by atoms with Crippen molar-refractivity contribution in [3.8, 4) is 11.5 Å². The normalized spacial score (nSPS) is 22.8. The summed E-state index contributed by atoms with van der Waals surface area (Å²) in [7, 11) is 4.41. The van der Waals surface area contributed by atoms with Crippen LogP contribution in [0.25, 0.3) is 0 Å². The molecule has 0 N–H and O–H groups in total. The molecule has 2 aliphatic rings. The highest BCUT2D eigenvalue weighted by atomic mass is 16.5. The zero-order valence-electron chi connectivity index (χ0n) is 22.3. The van der Waals surface area contributed by atoms with Crippen LogP contribution in [0.2, 0.25) is 0 Å². The van der Waals surface area contributed by atoms with Gasteiger partial charge in [0, 0.05) is 6.54 Å². The van der Waals surface area contributed by atoms with Crippen molar-refractivity contribution in [2.24, 2.45) is 5.92 Å². The van der Waals surface area contributed by atoms with E-state index < -0.39 is 0 Å². The van der Waals surface area contributed by atoms with Crippen LogP contribution in [-0.2, 0) is 12.8 Å². The second-order valence-electron chi connectivity index (χ2n) is 11.5. The first-order valence-electron chi connectivity index (χ1n) is 14.2. The standard InChI is InChI=1S/C34H43NO/c1-35(2)25-26-15-16-32-24-31(18-17-30(32)23-26)28-10-7-6-9-27(11-8-12-28)29-19-21-34(22-20-29)36-33-13-4-3-5-14-33/h3-5,13-14,17-22,24,26-28H,6-12,15-16,23,25H2,1-2H3. The molecule has 2 nitrogen and oxygen atoms in total. The number of fused-ring (bicyclic) bond motifs is 1. The van der Waals surface area contributed by atoms with Crippen LogP contribution in [0.1, 0.15) is 85.5 Å². The molecule has 3 aromatic rings. The minimum absolute atomic E-state index is 0.673. The molecule has 0 bridgehead atoms. The van der Waals surface area contributed by atoms with Crippen molar-refractivity contribution in [2.75, 3.05) is 20.6 Å². The number of ether oxygens (including phenoxy) is 1. The number of rotatable bonds is 6. The van der Waals surface area contributed by atoms with Crippen molar-refractivity contribution >= 4 is 0 Å². The molecule has 5 rings (SSSR count). The molecule has 0 aromatic heterocycles. The summed E-state index contributed by atoms with van der Waals surface area (Å²) in [5.41, 5.74) is 6.34. The minimum atomic E-state index is 0.673. The monoisotopic (exact) mass is 481 g/mol. The van der Waals surface area contributed by atoms with Crippen molar-refractivity contribution in [3.05, 3.63) is 95.1 Å². The summed E-state index contributed by atoms with van der Waals surface area (Å²) < 4.78 is 6.01. The first-order chi connectivity index (χ1) is 17.6. The largest absolute Gasteiger partial charge is 0.457 e. The van der Waals surface area contributed by atoms with Crippen LogP contribution >= 0.6 is 0 Å². The summed E-state index contributed by atoms with van der Waals surface area (Å²) in [4.78, 5) is 2.35. The average Bonchev–Trinajstić information content (AvgIpc) is 3.02. The van der Waals surface area contributed by atoms with E-state index >= 15 is 0 Å². The summed E-state index contributed by atoms with van der Waals surface area (Å²) in [5.74, 6) is 4.05. The van der Waals surface area contributed by atoms with E-state index in [-0.39, 0.29) is 0 Å². The second-order valence-corrected chi connectivity index (χ2v) is 11.5. The molecule has 1 fully saturated rings. The quantitative estimate of drug-likeness (QED) is 0.349. The van der Waals surface area contributed by atoms with Gasteiger partial charge in [-0.05, 0) is 123 Å². The average molecular weight is 482 g/mol. The molecule has 36 heavy (non-hydrogen) atoms. The van der Waals surface area contributed by atoms with Crippen LogP contribution < -0.4 is 4.74 Å². The fourth-order valence-electron chi connectivity index (χ4n) is 6.56. The van der Waals surface area contributed by atoms with E-state index in [0.29, 0.717) is 5.92 Å². The van der Waals surface area contributed by atoms with Gasteiger partial charge in [-0.25, -0.2) is 0 Å². The molecule has 2 heteroatoms. The third kappa shape index (κ3) is 6.59. The third-order valence-electron chi connectivity index (χ3n) is 8.45. The van der Waals surface area contributed by atoms with E-state index in [1.165, 1.54) is 76.3 Å². The number of hydrogen-bond acceptors (Lipinski definition) is 2. The first kappa shape index (κ1) is 25.1. The van der Waals surface area contributed by atoms with Gasteiger partial charge < -0.3 is 9.64 Å². The van der Waals surface area contributed by atoms with Crippen LogP contribution in [-0.4, -0.2) is 25.5 Å². The van der Waals surface area contributed by atoms with Gasteiger partial charge in [0.05, 0.1) is 0 Å². The maximum absolute atomic E-state index is 6.01. The molecule has 0 saturated heterocycles. The molecule has 0 radical (unpaired) electrons. The maximum atomic E-state index is 6.01. The topological polar surface area (TPSA) is 12.5 Å². The van der Waals surface area contributed by atoms with Crippen molar-refractivity contribution in [2.45, 2.75) is 76.0 Å². The Morgan fingerprint density at radius 3 is 2.03 bits per heavy atom. The Morgan fingerprint density at radius 1 is 0.667 bits per heavy atom. The van der Waals surface area contributed by atoms with Crippen LogP contribution in [0.15, 0.2) is 72.8 Å². The number of para-hydroxylation sites is 1. The predicted octanol–water partition coefficient (Wildman–Crippen LogP) is 8.76. The first-order valence-corrected chi connectivity index (χ1v) is 14.2. The second kappa shape index (κ2) is 12.1. The van der Waals surface area contributed by atoms with Crippen LogP contribution in [0.3, 0.4) is 0 Å². The van der Waals surface area contributed by atoms with E-state index in [1.54, 1.807) is 16.7 Å². The molecule has 3 aromatic carbocycles. The smallest absolute Gasteiger partial charge is 0.127 e. The van der Waals surface area contributed by atoms with E-state index in [4.69, 9.17) is 4.74 Å². The van der Waals surface area contributed by atoms with E-state index in [1.807, 2.05) is 30.3 Å². The summed E-state index contributed by atoms with van der Waals surface area (Å²) >= 11 is 0. The molecule has 3 unspecified atom stereocenters. The Bertz CT molecular complexity index is 1090. The lowest BCUT2D eigenvalue weighted by atomic mass is 9.80. The van der Waals surface area contributed by atoms with Crippen LogP contribution in [0.4, 0.5) is 0 Å². The van der Waals surface area contributed by atoms with E-state index in [9.17, 15) is 0 Å². The maximum Gasteiger partial charge on any atom is 0.127 e. The highest BCUT2D eigenvalue weighted by Crippen LogP contribution is 2.38. The molecular weight excluding hydrogens is 438 g/mol. The fourth-order valence-corrected chi connectivity index (χ4v) is 6.56. The third-order valence-corrected chi connectivity index (χ3v) is 8.45. The molecule has 2 aliphatic carbocycles. The molecule has 1 saturated carbocycles. The van der Waals surface area contributed by atoms with Crippen LogP contribution in [0.5, 0.6) is 11.5 Å². The zero-order chi connectivity index (χ0) is 24.7. The lowest BCUT2D eigenvalue weighted by Crippen LogP contribution is -2.26. The Morgan fingerprint density at radius 2 is 1.31 bits per heavy atom. The molecule has 0 spiro atoms. The van der Waals surface area contributed by atoms with Crippen LogP contribution in [0, 0.1) is 5.92 Å². The highest BCUT2D eigenvalue weighted by molar-refractivity contribution is 5.36. The Kier molecular flexibility index (Phi) is 8.43. The summed E-state index contributed by atoms with van der Waals surface area (Å²) in [6, 6.07) is 26.5. The Labute approximate surface area is 218 Å². The van der Waals surface area contributed by atoms with Crippen molar-refractivity contribution < 1.29 is 4.74 Å². The van der Waals surface area contributed by atoms with Gasteiger partial charge in [-0.1, -0.05) is 67.8 Å². The van der Waals surface area contributed by atoms with E-state index in [2.05, 4.69) is 61.5 Å². The molecule has 190 valence electrons. The Hall–Kier alpha value is -2.58. The SMILES string of the molecule is CN(C)CC1CCc2cc(C3CCCCC(c4ccc(Oc5ccccc5)cc4)CCC3)ccc2C1. The Balaban J connectivity index is 1.18. The van der Waals surface area contributed by atoms with Crippen molar-refractivity contribution in [3.63, 3.8) is 0 Å². The van der Waals surface area contributed by atoms with Gasteiger partial charge in [0.15, 0.2) is 0 Å². The number of nitrogens with zero attached hydrogens (tertiary/aromatic N) is 1. The lowest BCUT2D eigenvalue weighted by Gasteiger charge is -2.28. The summed E-state index contributed by atoms with van der Waals surface area (Å²) in [6.45, 7) is 1.22. The van der Waals surface area contributed by atoms with Crippen molar-refractivity contribution in [1.29, 1.82) is 0 Å². The molecule has 3 atom stereocenters. The number of aryl methyl sites for hydroxylation is 1. The summed E-state index contributed by atoms with van der Waals surface area (Å²) in [5, 5.41) is 0. The van der Waals surface area contributed by atoms with E-state index in [0.717, 1.165) is 23.3 Å². The van der Waals surface area contributed by atoms with Gasteiger partial charge in [-0.2, -0.15) is 0 Å². The van der Waals surface area contributed by atoms with Gasteiger partial charge in [0.2, 0.25) is 0 Å². The zero-order valence-corrected chi connectivity index (χ0v) is 22.3. The van der Waals surface area contributed by atoms with Gasteiger partial charge in [-0.15, -0.1) is 0 Å².